The van der Waals surface area contributed by atoms with E-state index in [1.807, 2.05) is 0 Å². The molecule has 0 unspecified atom stereocenters. The van der Waals surface area contributed by atoms with Gasteiger partial charge in [0.15, 0.2) is 0 Å². The summed E-state index contributed by atoms with van der Waals surface area (Å²) in [6, 6.07) is 6.30. The Kier molecular flexibility index (Phi) is 4.22. The molecule has 0 saturated heterocycles. The molecule has 4 heteroatoms. The summed E-state index contributed by atoms with van der Waals surface area (Å²) in [5, 5.41) is 1.43. The van der Waals surface area contributed by atoms with Gasteiger partial charge in [-0.05, 0) is 49.9 Å². The normalized spacial score (nSPS) is 13.1. The van der Waals surface area contributed by atoms with E-state index >= 15 is 0 Å². The van der Waals surface area contributed by atoms with Gasteiger partial charge in [-0.2, -0.15) is 0 Å². The van der Waals surface area contributed by atoms with E-state index in [2.05, 4.69) is 82.2 Å². The Hall–Kier alpha value is -1.26. The van der Waals surface area contributed by atoms with Crippen molar-refractivity contribution in [1.82, 2.24) is 9.88 Å². The molecule has 0 aliphatic heterocycles. The number of fused-ring (bicyclic) bond motifs is 1. The molecule has 0 aliphatic carbocycles. The third-order valence-corrected chi connectivity index (χ3v) is 8.75. The minimum atomic E-state index is -1.83. The lowest BCUT2D eigenvalue weighted by Gasteiger charge is -2.36. The first kappa shape index (κ1) is 16.1. The maximum Gasteiger partial charge on any atom is 0.250 e. The molecule has 0 radical (unpaired) electrons. The number of rotatable bonds is 4. The molecular weight excluding hydrogens is 276 g/mol. The topological polar surface area (TPSA) is 28.3 Å². The summed E-state index contributed by atoms with van der Waals surface area (Å²) in [6.07, 6.45) is 2.10. The van der Waals surface area contributed by atoms with Crippen molar-refractivity contribution in [2.24, 2.45) is 0 Å². The molecule has 0 spiro atoms. The molecule has 1 N–H and O–H groups in total. The second-order valence-electron chi connectivity index (χ2n) is 7.59. The van der Waals surface area contributed by atoms with Crippen LogP contribution in [0.25, 0.3) is 10.9 Å². The molecule has 116 valence electrons. The lowest BCUT2D eigenvalue weighted by molar-refractivity contribution is 0.403. The van der Waals surface area contributed by atoms with Gasteiger partial charge in [-0.3, -0.25) is 0 Å². The molecule has 0 aliphatic rings. The Morgan fingerprint density at radius 3 is 2.43 bits per heavy atom. The number of nitrogens with one attached hydrogen (secondary N) is 1. The van der Waals surface area contributed by atoms with Crippen molar-refractivity contribution < 1.29 is 4.43 Å². The Bertz CT molecular complexity index is 623. The van der Waals surface area contributed by atoms with Crippen molar-refractivity contribution >= 4 is 19.2 Å². The standard InChI is InChI=1S/C17H28N2OSi/c1-17(2,3)21(6,7)20-15-10-8-9-14-16(15)13(11-18-14)12-19(4)5/h8-11,18H,12H2,1-7H3. The van der Waals surface area contributed by atoms with Gasteiger partial charge in [0.1, 0.15) is 5.75 Å². The van der Waals surface area contributed by atoms with Crippen LogP contribution in [0, 0.1) is 0 Å². The molecule has 1 heterocycles. The SMILES string of the molecule is CN(C)Cc1c[nH]c2cccc(O[Si](C)(C)C(C)(C)C)c12. The monoisotopic (exact) mass is 304 g/mol. The van der Waals surface area contributed by atoms with Crippen molar-refractivity contribution in [1.29, 1.82) is 0 Å². The van der Waals surface area contributed by atoms with Crippen LogP contribution in [-0.2, 0) is 6.54 Å². The van der Waals surface area contributed by atoms with Crippen molar-refractivity contribution in [3.05, 3.63) is 30.0 Å². The molecule has 2 rings (SSSR count). The zero-order valence-corrected chi connectivity index (χ0v) is 15.4. The molecule has 0 fully saturated rings. The smallest absolute Gasteiger partial charge is 0.250 e. The Morgan fingerprint density at radius 2 is 1.86 bits per heavy atom. The molecule has 1 aromatic heterocycles. The molecule has 0 amide bonds. The van der Waals surface area contributed by atoms with E-state index in [1.54, 1.807) is 0 Å². The summed E-state index contributed by atoms with van der Waals surface area (Å²) < 4.78 is 6.56. The summed E-state index contributed by atoms with van der Waals surface area (Å²) in [7, 11) is 2.36. The summed E-state index contributed by atoms with van der Waals surface area (Å²) in [5.74, 6) is 1.03. The third-order valence-electron chi connectivity index (χ3n) is 4.41. The van der Waals surface area contributed by atoms with E-state index in [0.29, 0.717) is 0 Å². The Labute approximate surface area is 129 Å². The molecule has 0 saturated carbocycles. The summed E-state index contributed by atoms with van der Waals surface area (Å²) in [6.45, 7) is 12.3. The Morgan fingerprint density at radius 1 is 1.19 bits per heavy atom. The van der Waals surface area contributed by atoms with E-state index < -0.39 is 8.32 Å². The van der Waals surface area contributed by atoms with Gasteiger partial charge in [0, 0.05) is 23.6 Å². The first-order valence-corrected chi connectivity index (χ1v) is 10.5. The van der Waals surface area contributed by atoms with E-state index in [0.717, 1.165) is 17.8 Å². The van der Waals surface area contributed by atoms with Crippen molar-refractivity contribution in [3.63, 3.8) is 0 Å². The van der Waals surface area contributed by atoms with Crippen LogP contribution in [0.2, 0.25) is 18.1 Å². The van der Waals surface area contributed by atoms with Crippen LogP contribution in [0.1, 0.15) is 26.3 Å². The zero-order chi connectivity index (χ0) is 15.8. The third kappa shape index (κ3) is 3.32. The highest BCUT2D eigenvalue weighted by Crippen LogP contribution is 2.39. The fraction of sp³-hybridized carbons (Fsp3) is 0.529. The number of hydrogen-bond acceptors (Lipinski definition) is 2. The second kappa shape index (κ2) is 5.50. The number of H-pyrrole nitrogens is 1. The average Bonchev–Trinajstić information content (AvgIpc) is 2.71. The number of hydrogen-bond donors (Lipinski definition) is 1. The number of nitrogens with zero attached hydrogens (tertiary/aromatic N) is 1. The minimum Gasteiger partial charge on any atom is -0.543 e. The van der Waals surface area contributed by atoms with Gasteiger partial charge in [0.25, 0.3) is 8.32 Å². The molecule has 21 heavy (non-hydrogen) atoms. The summed E-state index contributed by atoms with van der Waals surface area (Å²) in [4.78, 5) is 5.55. The minimum absolute atomic E-state index is 0.202. The van der Waals surface area contributed by atoms with Crippen molar-refractivity contribution in [2.75, 3.05) is 14.1 Å². The molecule has 1 aromatic carbocycles. The van der Waals surface area contributed by atoms with E-state index in [4.69, 9.17) is 4.43 Å². The highest BCUT2D eigenvalue weighted by molar-refractivity contribution is 6.74. The lowest BCUT2D eigenvalue weighted by atomic mass is 10.1. The van der Waals surface area contributed by atoms with Crippen molar-refractivity contribution in [2.45, 2.75) is 45.4 Å². The van der Waals surface area contributed by atoms with E-state index in [9.17, 15) is 0 Å². The van der Waals surface area contributed by atoms with Gasteiger partial charge >= 0.3 is 0 Å². The fourth-order valence-electron chi connectivity index (χ4n) is 2.20. The van der Waals surface area contributed by atoms with Crippen LogP contribution >= 0.6 is 0 Å². The van der Waals surface area contributed by atoms with Crippen molar-refractivity contribution in [3.8, 4) is 5.75 Å². The summed E-state index contributed by atoms with van der Waals surface area (Å²) in [5.41, 5.74) is 2.45. The predicted octanol–water partition coefficient (Wildman–Crippen LogP) is 4.61. The van der Waals surface area contributed by atoms with Crippen LogP contribution in [0.15, 0.2) is 24.4 Å². The van der Waals surface area contributed by atoms with E-state index in [1.165, 1.54) is 10.9 Å². The maximum atomic E-state index is 6.56. The second-order valence-corrected chi connectivity index (χ2v) is 12.3. The average molecular weight is 305 g/mol. The number of benzene rings is 1. The molecule has 3 nitrogen and oxygen atoms in total. The molecule has 2 aromatic rings. The highest BCUT2D eigenvalue weighted by Gasteiger charge is 2.39. The molecule has 0 bridgehead atoms. The van der Waals surface area contributed by atoms with Gasteiger partial charge in [0.05, 0.1) is 0 Å². The maximum absolute atomic E-state index is 6.56. The number of aromatic nitrogens is 1. The predicted molar refractivity (Wildman–Crippen MR) is 93.5 cm³/mol. The van der Waals surface area contributed by atoms with Crippen LogP contribution in [-0.4, -0.2) is 32.3 Å². The first-order valence-electron chi connectivity index (χ1n) is 7.54. The van der Waals surface area contributed by atoms with E-state index in [-0.39, 0.29) is 5.04 Å². The van der Waals surface area contributed by atoms with Gasteiger partial charge in [0.2, 0.25) is 0 Å². The molecule has 0 atom stereocenters. The van der Waals surface area contributed by atoms with Gasteiger partial charge in [-0.1, -0.05) is 26.8 Å². The summed E-state index contributed by atoms with van der Waals surface area (Å²) >= 11 is 0. The fourth-order valence-corrected chi connectivity index (χ4v) is 3.22. The van der Waals surface area contributed by atoms with Crippen LogP contribution in [0.5, 0.6) is 5.75 Å². The Balaban J connectivity index is 2.47. The van der Waals surface area contributed by atoms with Gasteiger partial charge in [-0.15, -0.1) is 0 Å². The van der Waals surface area contributed by atoms with Crippen LogP contribution < -0.4 is 4.43 Å². The van der Waals surface area contributed by atoms with Crippen LogP contribution in [0.4, 0.5) is 0 Å². The van der Waals surface area contributed by atoms with Gasteiger partial charge in [-0.25, -0.2) is 0 Å². The first-order chi connectivity index (χ1) is 9.62. The zero-order valence-electron chi connectivity index (χ0n) is 14.4. The largest absolute Gasteiger partial charge is 0.543 e. The van der Waals surface area contributed by atoms with Gasteiger partial charge < -0.3 is 14.3 Å². The molecular formula is C17H28N2OSi. The highest BCUT2D eigenvalue weighted by atomic mass is 28.4. The van der Waals surface area contributed by atoms with Crippen LogP contribution in [0.3, 0.4) is 0 Å². The lowest BCUT2D eigenvalue weighted by Crippen LogP contribution is -2.43. The number of aromatic amines is 1. The quantitative estimate of drug-likeness (QED) is 0.835.